The molecule has 2 heterocycles. The van der Waals surface area contributed by atoms with Gasteiger partial charge in [-0.15, -0.1) is 0 Å². The molecule has 2 aromatic heterocycles. The summed E-state index contributed by atoms with van der Waals surface area (Å²) in [5.74, 6) is 1.77. The van der Waals surface area contributed by atoms with E-state index in [-0.39, 0.29) is 23.7 Å². The molecule has 2 atom stereocenters. The Morgan fingerprint density at radius 1 is 0.400 bits per heavy atom. The van der Waals surface area contributed by atoms with Crippen LogP contribution >= 0.6 is 0 Å². The van der Waals surface area contributed by atoms with Crippen LogP contribution in [-0.2, 0) is 0 Å². The van der Waals surface area contributed by atoms with Crippen LogP contribution in [0.15, 0.2) is 115 Å². The monoisotopic (exact) mass is 924 g/mol. The van der Waals surface area contributed by atoms with Gasteiger partial charge in [-0.25, -0.2) is 0 Å². The first-order valence-electron chi connectivity index (χ1n) is 24.6. The Morgan fingerprint density at radius 2 is 0.771 bits per heavy atom. The minimum absolute atomic E-state index is 0.198. The van der Waals surface area contributed by atoms with Crippen molar-refractivity contribution in [2.75, 3.05) is 0 Å². The Morgan fingerprint density at radius 3 is 1.23 bits per heavy atom. The molecule has 70 heavy (non-hydrogen) atoms. The number of hydrogen-bond acceptors (Lipinski definition) is 4. The average Bonchev–Trinajstić information content (AvgIpc) is 3.77. The third kappa shape index (κ3) is 7.74. The highest BCUT2D eigenvalue weighted by molar-refractivity contribution is 6.12. The number of rotatable bonds is 10. The SMILES string of the molecule is Cc1cc(-c2ccccc2OC(C)C[C@@H](C)Oc2ccccc2-c2cc(C)cc(-n3c4cc(C)c(C)cc4c4cc(C)c(C)c(C)c43)c2O)c(O)c(-n2c3cc(C)c(C)cc3c3cc(C)c(C)cc32)c1. The lowest BCUT2D eigenvalue weighted by molar-refractivity contribution is 0.131. The number of nitrogens with zero attached hydrogens (tertiary/aromatic N) is 2. The summed E-state index contributed by atoms with van der Waals surface area (Å²) in [5.41, 5.74) is 21.9. The summed E-state index contributed by atoms with van der Waals surface area (Å²) in [5, 5.41) is 29.7. The van der Waals surface area contributed by atoms with Crippen molar-refractivity contribution in [2.24, 2.45) is 0 Å². The number of para-hydroxylation sites is 2. The van der Waals surface area contributed by atoms with Gasteiger partial charge in [-0.05, 0) is 230 Å². The molecule has 6 heteroatoms. The smallest absolute Gasteiger partial charge is 0.147 e. The summed E-state index contributed by atoms with van der Waals surface area (Å²) in [6, 6.07) is 40.1. The van der Waals surface area contributed by atoms with E-state index in [4.69, 9.17) is 9.47 Å². The fourth-order valence-electron chi connectivity index (χ4n) is 10.8. The number of benzene rings is 8. The maximum Gasteiger partial charge on any atom is 0.147 e. The van der Waals surface area contributed by atoms with Gasteiger partial charge in [0.05, 0.1) is 45.6 Å². The quantitative estimate of drug-likeness (QED) is 0.143. The minimum atomic E-state index is -0.249. The standard InChI is InChI=1S/C64H64N2O4/c1-34-22-53(63(67)58(24-34)65-55-30-39(6)36(3)26-49(55)50-27-37(4)40(7)31-56(50)65)47-18-14-16-20-60(47)69-43(10)33-44(11)70-61-21-17-15-19-48(61)54-23-35(2)25-59(64(54)68)66-57-32-41(8)38(5)28-51(57)52-29-42(9)45(12)46(13)62(52)66/h14-32,43-44,67-68H,33H2,1-13H3/t43?,44-/m1/s1. The van der Waals surface area contributed by atoms with Crippen molar-refractivity contribution in [1.29, 1.82) is 0 Å². The van der Waals surface area contributed by atoms with Gasteiger partial charge in [0.15, 0.2) is 0 Å². The second-order valence-electron chi connectivity index (χ2n) is 20.3. The maximum absolute atomic E-state index is 12.5. The summed E-state index contributed by atoms with van der Waals surface area (Å²) in [4.78, 5) is 0. The fraction of sp³-hybridized carbons (Fsp3) is 0.250. The van der Waals surface area contributed by atoms with Crippen molar-refractivity contribution < 1.29 is 19.7 Å². The molecule has 0 aliphatic rings. The highest BCUT2D eigenvalue weighted by Crippen LogP contribution is 2.47. The molecule has 1 unspecified atom stereocenters. The largest absolute Gasteiger partial charge is 0.505 e. The highest BCUT2D eigenvalue weighted by atomic mass is 16.5. The minimum Gasteiger partial charge on any atom is -0.505 e. The molecule has 0 spiro atoms. The van der Waals surface area contributed by atoms with Gasteiger partial charge in [-0.2, -0.15) is 0 Å². The Kier molecular flexibility index (Phi) is 11.6. The topological polar surface area (TPSA) is 68.8 Å². The molecule has 0 bridgehead atoms. The first-order chi connectivity index (χ1) is 33.4. The van der Waals surface area contributed by atoms with Gasteiger partial charge < -0.3 is 28.8 Å². The summed E-state index contributed by atoms with van der Waals surface area (Å²) >= 11 is 0. The third-order valence-electron chi connectivity index (χ3n) is 15.1. The number of hydrogen-bond donors (Lipinski definition) is 2. The van der Waals surface area contributed by atoms with Gasteiger partial charge in [-0.3, -0.25) is 0 Å². The zero-order valence-corrected chi connectivity index (χ0v) is 42.9. The molecule has 0 radical (unpaired) electrons. The van der Waals surface area contributed by atoms with Gasteiger partial charge in [0, 0.05) is 50.2 Å². The molecule has 0 amide bonds. The molecule has 6 nitrogen and oxygen atoms in total. The van der Waals surface area contributed by atoms with Crippen molar-refractivity contribution in [3.05, 3.63) is 176 Å². The molecule has 0 saturated carbocycles. The summed E-state index contributed by atoms with van der Waals surface area (Å²) in [7, 11) is 0. The van der Waals surface area contributed by atoms with Crippen LogP contribution in [0.1, 0.15) is 81.5 Å². The van der Waals surface area contributed by atoms with E-state index in [1.807, 2.05) is 54.6 Å². The van der Waals surface area contributed by atoms with Gasteiger partial charge >= 0.3 is 0 Å². The number of phenolic OH excluding ortho intramolecular Hbond substituents is 2. The van der Waals surface area contributed by atoms with E-state index in [9.17, 15) is 10.2 Å². The van der Waals surface area contributed by atoms with Crippen molar-refractivity contribution in [3.63, 3.8) is 0 Å². The molecule has 8 aromatic carbocycles. The summed E-state index contributed by atoms with van der Waals surface area (Å²) in [6.07, 6.45) is 0.0809. The molecular formula is C64H64N2O4. The van der Waals surface area contributed by atoms with Crippen LogP contribution < -0.4 is 9.47 Å². The average molecular weight is 925 g/mol. The van der Waals surface area contributed by atoms with Crippen molar-refractivity contribution >= 4 is 43.6 Å². The van der Waals surface area contributed by atoms with Crippen LogP contribution in [0.3, 0.4) is 0 Å². The van der Waals surface area contributed by atoms with E-state index in [2.05, 4.69) is 160 Å². The first-order valence-corrected chi connectivity index (χ1v) is 24.6. The lowest BCUT2D eigenvalue weighted by Crippen LogP contribution is -2.23. The van der Waals surface area contributed by atoms with E-state index in [0.29, 0.717) is 29.0 Å². The Balaban J connectivity index is 0.964. The van der Waals surface area contributed by atoms with Crippen LogP contribution in [-0.4, -0.2) is 31.6 Å². The number of ether oxygens (including phenoxy) is 2. The molecular weight excluding hydrogens is 861 g/mol. The first kappa shape index (κ1) is 46.3. The van der Waals surface area contributed by atoms with Crippen LogP contribution in [0.4, 0.5) is 0 Å². The van der Waals surface area contributed by atoms with Crippen LogP contribution in [0.2, 0.25) is 0 Å². The predicted molar refractivity (Wildman–Crippen MR) is 293 cm³/mol. The molecule has 354 valence electrons. The third-order valence-corrected chi connectivity index (χ3v) is 15.1. The van der Waals surface area contributed by atoms with E-state index >= 15 is 0 Å². The van der Waals surface area contributed by atoms with Crippen LogP contribution in [0, 0.1) is 76.2 Å². The van der Waals surface area contributed by atoms with E-state index < -0.39 is 0 Å². The number of aromatic nitrogens is 2. The summed E-state index contributed by atoms with van der Waals surface area (Å²) in [6.45, 7) is 27.8. The van der Waals surface area contributed by atoms with Crippen LogP contribution in [0.5, 0.6) is 23.0 Å². The molecule has 0 aliphatic carbocycles. The van der Waals surface area contributed by atoms with Crippen LogP contribution in [0.25, 0.3) is 77.2 Å². The van der Waals surface area contributed by atoms with Gasteiger partial charge in [0.2, 0.25) is 0 Å². The van der Waals surface area contributed by atoms with E-state index in [1.165, 1.54) is 71.6 Å². The fourth-order valence-corrected chi connectivity index (χ4v) is 10.8. The lowest BCUT2D eigenvalue weighted by atomic mass is 9.98. The molecule has 0 fully saturated rings. The van der Waals surface area contributed by atoms with Crippen molar-refractivity contribution in [2.45, 2.75) is 109 Å². The van der Waals surface area contributed by atoms with Gasteiger partial charge in [-0.1, -0.05) is 36.4 Å². The Labute approximate surface area is 412 Å². The normalized spacial score (nSPS) is 12.7. The van der Waals surface area contributed by atoms with Crippen molar-refractivity contribution in [1.82, 2.24) is 9.13 Å². The maximum atomic E-state index is 12.5. The zero-order valence-electron chi connectivity index (χ0n) is 42.9. The lowest BCUT2D eigenvalue weighted by Gasteiger charge is -2.24. The Hall–Kier alpha value is -7.44. The Bertz CT molecular complexity index is 3710. The number of aryl methyl sites for hydroxylation is 10. The second kappa shape index (κ2) is 17.5. The van der Waals surface area contributed by atoms with Gasteiger partial charge in [0.25, 0.3) is 0 Å². The van der Waals surface area contributed by atoms with Crippen molar-refractivity contribution in [3.8, 4) is 56.6 Å². The molecule has 0 saturated heterocycles. The molecule has 0 aliphatic heterocycles. The molecule has 10 aromatic rings. The number of aromatic hydroxyl groups is 2. The van der Waals surface area contributed by atoms with E-state index in [1.54, 1.807) is 0 Å². The predicted octanol–water partition coefficient (Wildman–Crippen LogP) is 16.6. The second-order valence-corrected chi connectivity index (χ2v) is 20.3. The highest BCUT2D eigenvalue weighted by Gasteiger charge is 2.25. The molecule has 2 N–H and O–H groups in total. The number of fused-ring (bicyclic) bond motifs is 6. The summed E-state index contributed by atoms with van der Waals surface area (Å²) < 4.78 is 18.1. The van der Waals surface area contributed by atoms with E-state index in [0.717, 1.165) is 55.7 Å². The zero-order chi connectivity index (χ0) is 49.6. The van der Waals surface area contributed by atoms with Gasteiger partial charge in [0.1, 0.15) is 23.0 Å². The molecule has 10 rings (SSSR count). The number of phenols is 2.